The highest BCUT2D eigenvalue weighted by Gasteiger charge is 2.30. The number of carbonyl (C=O) groups is 1. The highest BCUT2D eigenvalue weighted by atomic mass is 35.5. The molecule has 5 rings (SSSR count). The first-order valence-electron chi connectivity index (χ1n) is 10.6. The Bertz CT molecular complexity index is 1360. The summed E-state index contributed by atoms with van der Waals surface area (Å²) in [6, 6.07) is 6.93. The Morgan fingerprint density at radius 1 is 1.27 bits per heavy atom. The zero-order valence-electron chi connectivity index (χ0n) is 18.5. The van der Waals surface area contributed by atoms with Gasteiger partial charge in [0.05, 0.1) is 39.9 Å². The molecule has 1 saturated carbocycles. The lowest BCUT2D eigenvalue weighted by molar-refractivity contribution is 0.181. The smallest absolute Gasteiger partial charge is 0.323 e. The van der Waals surface area contributed by atoms with Crippen molar-refractivity contribution in [2.75, 3.05) is 17.7 Å². The van der Waals surface area contributed by atoms with Crippen LogP contribution in [0.3, 0.4) is 0 Å². The molecule has 0 radical (unpaired) electrons. The number of amides is 2. The van der Waals surface area contributed by atoms with Gasteiger partial charge in [-0.15, -0.1) is 0 Å². The van der Waals surface area contributed by atoms with Gasteiger partial charge in [0, 0.05) is 24.1 Å². The molecule has 0 spiro atoms. The number of nitrogens with zero attached hydrogens (tertiary/aromatic N) is 4. The molecule has 0 atom stereocenters. The molecule has 10 heteroatoms. The maximum atomic E-state index is 12.8. The van der Waals surface area contributed by atoms with Gasteiger partial charge in [0.15, 0.2) is 0 Å². The number of rotatable bonds is 6. The number of hydrogen-bond donors (Lipinski definition) is 2. The first-order valence-corrected chi connectivity index (χ1v) is 11.8. The lowest BCUT2D eigenvalue weighted by atomic mass is 10.1. The van der Waals surface area contributed by atoms with Crippen LogP contribution in [0.5, 0.6) is 0 Å². The van der Waals surface area contributed by atoms with Crippen molar-refractivity contribution in [3.63, 3.8) is 0 Å². The van der Waals surface area contributed by atoms with Crippen LogP contribution in [0.25, 0.3) is 16.0 Å². The average Bonchev–Trinajstić information content (AvgIpc) is 3.43. The fraction of sp³-hybridized carbons (Fsp3) is 0.304. The molecule has 1 fully saturated rings. The number of thiazole rings is 1. The van der Waals surface area contributed by atoms with Crippen LogP contribution in [-0.4, -0.2) is 32.9 Å². The molecule has 3 aromatic heterocycles. The van der Waals surface area contributed by atoms with Gasteiger partial charge in [0.25, 0.3) is 0 Å². The van der Waals surface area contributed by atoms with Crippen LogP contribution < -0.4 is 10.6 Å². The van der Waals surface area contributed by atoms with Gasteiger partial charge in [-0.25, -0.2) is 19.4 Å². The monoisotopic (exact) mass is 482 g/mol. The second-order valence-corrected chi connectivity index (χ2v) is 9.70. The standard InChI is InChI=1S/C23H23ClN6O2S/c1-12-8-16(11-32-3)29-30(12)19-7-6-15(9-17(19)24)27-23(31)28-18-10-25-22-21(26-13(2)33-22)20(18)14-4-5-14/h6-10,14H,4-5,11H2,1-3H3,(H2,27,28,31). The molecule has 0 saturated heterocycles. The third kappa shape index (κ3) is 4.44. The highest BCUT2D eigenvalue weighted by molar-refractivity contribution is 7.18. The second kappa shape index (κ2) is 8.74. The summed E-state index contributed by atoms with van der Waals surface area (Å²) < 4.78 is 6.92. The molecule has 8 nitrogen and oxygen atoms in total. The molecule has 4 aromatic rings. The molecule has 170 valence electrons. The Balaban J connectivity index is 1.35. The van der Waals surface area contributed by atoms with Crippen molar-refractivity contribution in [1.82, 2.24) is 19.7 Å². The van der Waals surface area contributed by atoms with E-state index in [1.807, 2.05) is 26.0 Å². The summed E-state index contributed by atoms with van der Waals surface area (Å²) in [7, 11) is 1.63. The zero-order chi connectivity index (χ0) is 23.1. The Kier molecular flexibility index (Phi) is 5.77. The number of anilines is 2. The first kappa shape index (κ1) is 21.8. The van der Waals surface area contributed by atoms with E-state index in [4.69, 9.17) is 16.3 Å². The number of urea groups is 1. The Morgan fingerprint density at radius 3 is 2.82 bits per heavy atom. The van der Waals surface area contributed by atoms with Gasteiger partial charge in [-0.05, 0) is 56.9 Å². The van der Waals surface area contributed by atoms with Gasteiger partial charge in [-0.1, -0.05) is 22.9 Å². The molecular weight excluding hydrogens is 460 g/mol. The largest absolute Gasteiger partial charge is 0.378 e. The SMILES string of the molecule is COCc1cc(C)n(-c2ccc(NC(=O)Nc3cnc4sc(C)nc4c3C3CC3)cc2Cl)n1. The number of hydrogen-bond acceptors (Lipinski definition) is 6. The summed E-state index contributed by atoms with van der Waals surface area (Å²) in [6.45, 7) is 4.35. The summed E-state index contributed by atoms with van der Waals surface area (Å²) in [5.41, 5.74) is 5.74. The lowest BCUT2D eigenvalue weighted by Gasteiger charge is -2.13. The van der Waals surface area contributed by atoms with Gasteiger partial charge in [0.1, 0.15) is 10.3 Å². The normalized spacial score (nSPS) is 13.5. The number of ether oxygens (including phenoxy) is 1. The topological polar surface area (TPSA) is 94.0 Å². The number of pyridine rings is 1. The van der Waals surface area contributed by atoms with Gasteiger partial charge >= 0.3 is 6.03 Å². The van der Waals surface area contributed by atoms with E-state index in [0.29, 0.717) is 28.9 Å². The fourth-order valence-electron chi connectivity index (χ4n) is 3.93. The number of halogens is 1. The van der Waals surface area contributed by atoms with E-state index >= 15 is 0 Å². The summed E-state index contributed by atoms with van der Waals surface area (Å²) in [6.07, 6.45) is 3.92. The zero-order valence-corrected chi connectivity index (χ0v) is 20.0. The summed E-state index contributed by atoms with van der Waals surface area (Å²) in [4.78, 5) is 22.8. The number of aromatic nitrogens is 4. The lowest BCUT2D eigenvalue weighted by Crippen LogP contribution is -2.20. The van der Waals surface area contributed by atoms with E-state index in [-0.39, 0.29) is 6.03 Å². The van der Waals surface area contributed by atoms with E-state index in [9.17, 15) is 4.79 Å². The molecule has 2 N–H and O–H groups in total. The Morgan fingerprint density at radius 2 is 2.09 bits per heavy atom. The highest BCUT2D eigenvalue weighted by Crippen LogP contribution is 2.46. The molecule has 1 aliphatic carbocycles. The third-order valence-electron chi connectivity index (χ3n) is 5.47. The van der Waals surface area contributed by atoms with Crippen LogP contribution in [0.1, 0.15) is 40.7 Å². The van der Waals surface area contributed by atoms with Gasteiger partial charge in [-0.2, -0.15) is 5.10 Å². The molecule has 0 aliphatic heterocycles. The minimum atomic E-state index is -0.355. The molecule has 0 bridgehead atoms. The van der Waals surface area contributed by atoms with E-state index < -0.39 is 0 Å². The Labute approximate surface area is 200 Å². The van der Waals surface area contributed by atoms with E-state index in [1.54, 1.807) is 41.5 Å². The number of fused-ring (bicyclic) bond motifs is 1. The van der Waals surface area contributed by atoms with Crippen molar-refractivity contribution in [3.8, 4) is 5.69 Å². The molecule has 0 unspecified atom stereocenters. The van der Waals surface area contributed by atoms with Crippen LogP contribution in [0, 0.1) is 13.8 Å². The predicted molar refractivity (Wildman–Crippen MR) is 131 cm³/mol. The van der Waals surface area contributed by atoms with Crippen molar-refractivity contribution in [3.05, 3.63) is 57.4 Å². The maximum absolute atomic E-state index is 12.8. The molecular formula is C23H23ClN6O2S. The van der Waals surface area contributed by atoms with Crippen LogP contribution in [0.2, 0.25) is 5.02 Å². The number of benzene rings is 1. The van der Waals surface area contributed by atoms with Crippen molar-refractivity contribution < 1.29 is 9.53 Å². The second-order valence-electron chi connectivity index (χ2n) is 8.11. The van der Waals surface area contributed by atoms with Gasteiger partial charge < -0.3 is 15.4 Å². The number of methoxy groups -OCH3 is 1. The number of nitrogens with one attached hydrogen (secondary N) is 2. The summed E-state index contributed by atoms with van der Waals surface area (Å²) in [5, 5.41) is 11.8. The maximum Gasteiger partial charge on any atom is 0.323 e. The summed E-state index contributed by atoms with van der Waals surface area (Å²) in [5.74, 6) is 0.418. The fourth-order valence-corrected chi connectivity index (χ4v) is 4.96. The molecule has 1 aromatic carbocycles. The van der Waals surface area contributed by atoms with Crippen LogP contribution in [0.4, 0.5) is 16.2 Å². The number of aryl methyl sites for hydroxylation is 2. The summed E-state index contributed by atoms with van der Waals surface area (Å²) >= 11 is 8.10. The van der Waals surface area contributed by atoms with Crippen LogP contribution in [0.15, 0.2) is 30.5 Å². The average molecular weight is 483 g/mol. The number of carbonyl (C=O) groups excluding carboxylic acids is 1. The molecule has 1 aliphatic rings. The van der Waals surface area contributed by atoms with Crippen molar-refractivity contribution >= 4 is 50.7 Å². The molecule has 2 amide bonds. The van der Waals surface area contributed by atoms with Gasteiger partial charge in [0.2, 0.25) is 0 Å². The van der Waals surface area contributed by atoms with E-state index in [0.717, 1.165) is 50.8 Å². The minimum Gasteiger partial charge on any atom is -0.378 e. The predicted octanol–water partition coefficient (Wildman–Crippen LogP) is 5.82. The first-order chi connectivity index (χ1) is 15.9. The van der Waals surface area contributed by atoms with Crippen molar-refractivity contribution in [1.29, 1.82) is 0 Å². The molecule has 33 heavy (non-hydrogen) atoms. The Hall–Kier alpha value is -3.01. The van der Waals surface area contributed by atoms with Crippen molar-refractivity contribution in [2.24, 2.45) is 0 Å². The van der Waals surface area contributed by atoms with Crippen LogP contribution >= 0.6 is 22.9 Å². The van der Waals surface area contributed by atoms with Crippen molar-refractivity contribution in [2.45, 2.75) is 39.2 Å². The minimum absolute atomic E-state index is 0.355. The third-order valence-corrected chi connectivity index (χ3v) is 6.65. The van der Waals surface area contributed by atoms with E-state index in [2.05, 4.69) is 25.7 Å². The molecule has 3 heterocycles. The quantitative estimate of drug-likeness (QED) is 0.361. The van der Waals surface area contributed by atoms with Crippen LogP contribution in [-0.2, 0) is 11.3 Å². The van der Waals surface area contributed by atoms with E-state index in [1.165, 1.54) is 0 Å². The van der Waals surface area contributed by atoms with Gasteiger partial charge in [-0.3, -0.25) is 0 Å².